The van der Waals surface area contributed by atoms with Gasteiger partial charge in [0.1, 0.15) is 11.8 Å². The van der Waals surface area contributed by atoms with Crippen LogP contribution in [-0.2, 0) is 9.53 Å². The number of nitrogens with one attached hydrogen (secondary N) is 1. The van der Waals surface area contributed by atoms with Crippen molar-refractivity contribution in [3.63, 3.8) is 0 Å². The van der Waals surface area contributed by atoms with Crippen LogP contribution in [0.2, 0.25) is 0 Å². The number of esters is 1. The van der Waals surface area contributed by atoms with Gasteiger partial charge >= 0.3 is 5.97 Å². The lowest BCUT2D eigenvalue weighted by molar-refractivity contribution is -0.144. The average molecular weight is 377 g/mol. The molecule has 6 heteroatoms. The fraction of sp³-hybridized carbons (Fsp3) is 0.524. The zero-order chi connectivity index (χ0) is 19.9. The molecule has 0 aliphatic heterocycles. The summed E-state index contributed by atoms with van der Waals surface area (Å²) in [4.78, 5) is 24.6. The maximum atomic E-state index is 12.3. The monoisotopic (exact) mass is 377 g/mol. The van der Waals surface area contributed by atoms with Crippen LogP contribution in [-0.4, -0.2) is 41.3 Å². The number of benzene rings is 1. The summed E-state index contributed by atoms with van der Waals surface area (Å²) in [5, 5.41) is 21.2. The highest BCUT2D eigenvalue weighted by atomic mass is 16.5. The fourth-order valence-electron chi connectivity index (χ4n) is 2.52. The number of unbranched alkanes of at least 4 members (excludes halogenated alkanes) is 5. The number of rotatable bonds is 13. The minimum Gasteiger partial charge on any atom is -0.507 e. The molecular weight excluding hydrogens is 346 g/mol. The molecule has 1 rings (SSSR count). The minimum atomic E-state index is -0.969. The maximum Gasteiger partial charge on any atom is 0.332 e. The first-order valence-electron chi connectivity index (χ1n) is 9.63. The van der Waals surface area contributed by atoms with Crippen molar-refractivity contribution in [1.82, 2.24) is 5.32 Å². The summed E-state index contributed by atoms with van der Waals surface area (Å²) in [5.41, 5.74) is 0.0850. The van der Waals surface area contributed by atoms with E-state index in [4.69, 9.17) is 9.84 Å². The van der Waals surface area contributed by atoms with Crippen molar-refractivity contribution < 1.29 is 24.5 Å². The van der Waals surface area contributed by atoms with Crippen molar-refractivity contribution in [2.45, 2.75) is 57.9 Å². The molecule has 0 spiro atoms. The number of amides is 1. The molecule has 3 N–H and O–H groups in total. The molecule has 0 aromatic heterocycles. The number of phenolic OH excluding ortho intramolecular Hbond substituents is 1. The molecule has 150 valence electrons. The molecule has 1 atom stereocenters. The highest BCUT2D eigenvalue weighted by molar-refractivity contribution is 5.99. The van der Waals surface area contributed by atoms with Crippen LogP contribution in [0.25, 0.3) is 0 Å². The van der Waals surface area contributed by atoms with Crippen molar-refractivity contribution in [3.8, 4) is 5.75 Å². The minimum absolute atomic E-state index is 0.0521. The second kappa shape index (κ2) is 13.8. The molecule has 0 bridgehead atoms. The normalized spacial score (nSPS) is 12.1. The van der Waals surface area contributed by atoms with Crippen LogP contribution in [0.1, 0.15) is 62.2 Å². The van der Waals surface area contributed by atoms with Gasteiger partial charge in [-0.05, 0) is 25.0 Å². The van der Waals surface area contributed by atoms with E-state index in [0.717, 1.165) is 19.3 Å². The van der Waals surface area contributed by atoms with Crippen LogP contribution >= 0.6 is 0 Å². The molecule has 0 aliphatic carbocycles. The molecular formula is C21H31NO5. The van der Waals surface area contributed by atoms with E-state index >= 15 is 0 Å². The third kappa shape index (κ3) is 9.24. The molecule has 1 aromatic carbocycles. The van der Waals surface area contributed by atoms with Crippen LogP contribution in [0.3, 0.4) is 0 Å². The Bertz CT molecular complexity index is 600. The topological polar surface area (TPSA) is 95.9 Å². The van der Waals surface area contributed by atoms with Crippen LogP contribution in [0.5, 0.6) is 5.75 Å². The Morgan fingerprint density at radius 2 is 1.85 bits per heavy atom. The van der Waals surface area contributed by atoms with Gasteiger partial charge in [-0.2, -0.15) is 0 Å². The lowest BCUT2D eigenvalue weighted by Crippen LogP contribution is -2.40. The van der Waals surface area contributed by atoms with Crippen LogP contribution in [0.4, 0.5) is 0 Å². The van der Waals surface area contributed by atoms with Gasteiger partial charge in [0.05, 0.1) is 12.2 Å². The second-order valence-corrected chi connectivity index (χ2v) is 6.34. The SMILES string of the molecule is CCCCCCCCOC(=O)C(/C=C/CCO)NC(=O)c1ccccc1O. The van der Waals surface area contributed by atoms with E-state index in [1.807, 2.05) is 0 Å². The smallest absolute Gasteiger partial charge is 0.332 e. The Labute approximate surface area is 161 Å². The molecule has 27 heavy (non-hydrogen) atoms. The number of aromatic hydroxyl groups is 1. The molecule has 0 saturated heterocycles. The Hall–Kier alpha value is -2.34. The van der Waals surface area contributed by atoms with Gasteiger partial charge in [-0.3, -0.25) is 4.79 Å². The number of phenols is 1. The highest BCUT2D eigenvalue weighted by Crippen LogP contribution is 2.15. The van der Waals surface area contributed by atoms with Gasteiger partial charge in [0, 0.05) is 6.61 Å². The molecule has 0 aliphatic rings. The van der Waals surface area contributed by atoms with Gasteiger partial charge in [0.25, 0.3) is 5.91 Å². The van der Waals surface area contributed by atoms with E-state index < -0.39 is 17.9 Å². The largest absolute Gasteiger partial charge is 0.507 e. The summed E-state index contributed by atoms with van der Waals surface area (Å²) in [7, 11) is 0. The number of hydrogen-bond donors (Lipinski definition) is 3. The van der Waals surface area contributed by atoms with Crippen molar-refractivity contribution in [2.24, 2.45) is 0 Å². The van der Waals surface area contributed by atoms with Gasteiger partial charge in [-0.15, -0.1) is 0 Å². The van der Waals surface area contributed by atoms with Gasteiger partial charge in [0.2, 0.25) is 0 Å². The number of aliphatic hydroxyl groups is 1. The summed E-state index contributed by atoms with van der Waals surface area (Å²) < 4.78 is 5.28. The lowest BCUT2D eigenvalue weighted by Gasteiger charge is -2.15. The molecule has 0 heterocycles. The van der Waals surface area contributed by atoms with E-state index in [9.17, 15) is 14.7 Å². The standard InChI is InChI=1S/C21H31NO5/c1-2-3-4-5-6-11-16-27-21(26)18(13-9-10-15-23)22-20(25)17-12-7-8-14-19(17)24/h7-9,12-14,18,23-24H,2-6,10-11,15-16H2,1H3,(H,22,25)/b13-9+. The Morgan fingerprint density at radius 3 is 2.56 bits per heavy atom. The average Bonchev–Trinajstić information content (AvgIpc) is 2.66. The van der Waals surface area contributed by atoms with E-state index in [1.54, 1.807) is 18.2 Å². The number of hydrogen-bond acceptors (Lipinski definition) is 5. The molecule has 0 fully saturated rings. The molecule has 1 aromatic rings. The maximum absolute atomic E-state index is 12.3. The number of carbonyl (C=O) groups excluding carboxylic acids is 2. The zero-order valence-electron chi connectivity index (χ0n) is 16.0. The van der Waals surface area contributed by atoms with Crippen LogP contribution in [0.15, 0.2) is 36.4 Å². The van der Waals surface area contributed by atoms with E-state index in [-0.39, 0.29) is 17.9 Å². The first kappa shape index (κ1) is 22.7. The highest BCUT2D eigenvalue weighted by Gasteiger charge is 2.21. The summed E-state index contributed by atoms with van der Waals surface area (Å²) in [6, 6.07) is 5.15. The van der Waals surface area contributed by atoms with Gasteiger partial charge in [-0.25, -0.2) is 4.79 Å². The predicted octanol–water partition coefficient (Wildman–Crippen LogP) is 3.33. The van der Waals surface area contributed by atoms with E-state index in [1.165, 1.54) is 37.5 Å². The van der Waals surface area contributed by atoms with Crippen molar-refractivity contribution in [1.29, 1.82) is 0 Å². The van der Waals surface area contributed by atoms with E-state index in [0.29, 0.717) is 13.0 Å². The number of aliphatic hydroxyl groups excluding tert-OH is 1. The predicted molar refractivity (Wildman–Crippen MR) is 105 cm³/mol. The zero-order valence-corrected chi connectivity index (χ0v) is 16.0. The lowest BCUT2D eigenvalue weighted by atomic mass is 10.1. The first-order valence-corrected chi connectivity index (χ1v) is 9.63. The molecule has 6 nitrogen and oxygen atoms in total. The Balaban J connectivity index is 2.56. The van der Waals surface area contributed by atoms with E-state index in [2.05, 4.69) is 12.2 Å². The third-order valence-electron chi connectivity index (χ3n) is 4.06. The summed E-state index contributed by atoms with van der Waals surface area (Å²) >= 11 is 0. The molecule has 1 unspecified atom stereocenters. The first-order chi connectivity index (χ1) is 13.1. The number of ether oxygens (including phenoxy) is 1. The molecule has 0 saturated carbocycles. The van der Waals surface area contributed by atoms with Crippen molar-refractivity contribution in [2.75, 3.05) is 13.2 Å². The van der Waals surface area contributed by atoms with Crippen molar-refractivity contribution in [3.05, 3.63) is 42.0 Å². The van der Waals surface area contributed by atoms with Gasteiger partial charge < -0.3 is 20.3 Å². The number of para-hydroxylation sites is 1. The summed E-state index contributed by atoms with van der Waals surface area (Å²) in [6.07, 6.45) is 9.98. The van der Waals surface area contributed by atoms with Crippen LogP contribution in [0, 0.1) is 0 Å². The molecule has 1 amide bonds. The Kier molecular flexibility index (Phi) is 11.6. The molecule has 0 radical (unpaired) electrons. The number of carbonyl (C=O) groups is 2. The van der Waals surface area contributed by atoms with Gasteiger partial charge in [0.15, 0.2) is 0 Å². The summed E-state index contributed by atoms with van der Waals surface area (Å²) in [6.45, 7) is 2.42. The summed E-state index contributed by atoms with van der Waals surface area (Å²) in [5.74, 6) is -1.28. The van der Waals surface area contributed by atoms with Gasteiger partial charge in [-0.1, -0.05) is 63.3 Å². The quantitative estimate of drug-likeness (QED) is 0.278. The van der Waals surface area contributed by atoms with Crippen LogP contribution < -0.4 is 5.32 Å². The van der Waals surface area contributed by atoms with Crippen molar-refractivity contribution >= 4 is 11.9 Å². The Morgan fingerprint density at radius 1 is 1.15 bits per heavy atom. The second-order valence-electron chi connectivity index (χ2n) is 6.34. The fourth-order valence-corrected chi connectivity index (χ4v) is 2.52. The third-order valence-corrected chi connectivity index (χ3v) is 4.06.